The predicted octanol–water partition coefficient (Wildman–Crippen LogP) is 3.12. The molecule has 9 nitrogen and oxygen atoms in total. The number of amides is 2. The summed E-state index contributed by atoms with van der Waals surface area (Å²) in [6.07, 6.45) is 2.12. The van der Waals surface area contributed by atoms with E-state index < -0.39 is 0 Å². The molecule has 1 aliphatic heterocycles. The van der Waals surface area contributed by atoms with E-state index in [1.54, 1.807) is 30.3 Å². The average molecular weight is 468 g/mol. The second-order valence-corrected chi connectivity index (χ2v) is 10.2. The van der Waals surface area contributed by atoms with Gasteiger partial charge in [0.05, 0.1) is 6.20 Å². The van der Waals surface area contributed by atoms with E-state index in [1.807, 2.05) is 26.2 Å². The van der Waals surface area contributed by atoms with E-state index in [0.717, 1.165) is 18.1 Å². The lowest BCUT2D eigenvalue weighted by atomic mass is 9.93. The molecule has 34 heavy (non-hydrogen) atoms. The highest BCUT2D eigenvalue weighted by Crippen LogP contribution is 2.32. The molecule has 1 aromatic carbocycles. The van der Waals surface area contributed by atoms with Crippen LogP contribution in [-0.4, -0.2) is 73.5 Å². The summed E-state index contributed by atoms with van der Waals surface area (Å²) < 4.78 is 0. The van der Waals surface area contributed by atoms with Crippen LogP contribution in [0.15, 0.2) is 30.5 Å². The topological polar surface area (TPSA) is 93.7 Å². The fourth-order valence-electron chi connectivity index (χ4n) is 4.17. The SMILES string of the molecule is CC(C)N1CCC(=O)N(C)c2cnc(Nc3ccc(C(=O)NCC(C)(C)CN(C)C)cc3)nc21. The molecule has 2 heterocycles. The normalized spacial score (nSPS) is 14.3. The van der Waals surface area contributed by atoms with Gasteiger partial charge in [-0.25, -0.2) is 4.98 Å². The highest BCUT2D eigenvalue weighted by atomic mass is 16.2. The molecule has 0 bridgehead atoms. The van der Waals surface area contributed by atoms with Crippen LogP contribution in [0.2, 0.25) is 0 Å². The summed E-state index contributed by atoms with van der Waals surface area (Å²) in [6.45, 7) is 10.5. The van der Waals surface area contributed by atoms with Crippen molar-refractivity contribution in [3.05, 3.63) is 36.0 Å². The van der Waals surface area contributed by atoms with Crippen LogP contribution in [0.3, 0.4) is 0 Å². The number of anilines is 4. The summed E-state index contributed by atoms with van der Waals surface area (Å²) in [5.41, 5.74) is 2.05. The van der Waals surface area contributed by atoms with Gasteiger partial charge in [-0.15, -0.1) is 0 Å². The molecule has 0 spiro atoms. The summed E-state index contributed by atoms with van der Waals surface area (Å²) in [4.78, 5) is 39.9. The van der Waals surface area contributed by atoms with Gasteiger partial charge in [0.25, 0.3) is 5.91 Å². The molecular formula is C25H37N7O2. The maximum Gasteiger partial charge on any atom is 0.251 e. The first-order chi connectivity index (χ1) is 16.0. The first-order valence-corrected chi connectivity index (χ1v) is 11.7. The fraction of sp³-hybridized carbons (Fsp3) is 0.520. The third-order valence-corrected chi connectivity index (χ3v) is 5.82. The van der Waals surface area contributed by atoms with E-state index in [4.69, 9.17) is 4.98 Å². The van der Waals surface area contributed by atoms with Crippen molar-refractivity contribution in [1.82, 2.24) is 20.2 Å². The van der Waals surface area contributed by atoms with E-state index in [2.05, 4.69) is 53.1 Å². The maximum atomic E-state index is 12.6. The number of hydrogen-bond donors (Lipinski definition) is 2. The third-order valence-electron chi connectivity index (χ3n) is 5.82. The summed E-state index contributed by atoms with van der Waals surface area (Å²) in [7, 11) is 5.81. The Morgan fingerprint density at radius 2 is 1.88 bits per heavy atom. The van der Waals surface area contributed by atoms with Crippen molar-refractivity contribution >= 4 is 35.0 Å². The molecule has 1 aliphatic rings. The van der Waals surface area contributed by atoms with Gasteiger partial charge in [-0.05, 0) is 57.6 Å². The van der Waals surface area contributed by atoms with Gasteiger partial charge in [0.1, 0.15) is 5.69 Å². The van der Waals surface area contributed by atoms with Crippen molar-refractivity contribution in [2.75, 3.05) is 55.9 Å². The quantitative estimate of drug-likeness (QED) is 0.616. The number of nitrogens with zero attached hydrogens (tertiary/aromatic N) is 5. The van der Waals surface area contributed by atoms with Crippen molar-refractivity contribution in [1.29, 1.82) is 0 Å². The largest absolute Gasteiger partial charge is 0.352 e. The number of carbonyl (C=O) groups excluding carboxylic acids is 2. The minimum atomic E-state index is -0.0973. The van der Waals surface area contributed by atoms with Crippen molar-refractivity contribution < 1.29 is 9.59 Å². The summed E-state index contributed by atoms with van der Waals surface area (Å²) in [5, 5.41) is 6.24. The zero-order valence-electron chi connectivity index (χ0n) is 21.3. The van der Waals surface area contributed by atoms with Crippen molar-refractivity contribution in [3.8, 4) is 0 Å². The van der Waals surface area contributed by atoms with E-state index in [-0.39, 0.29) is 23.3 Å². The Kier molecular flexibility index (Phi) is 7.76. The zero-order valence-corrected chi connectivity index (χ0v) is 21.3. The first kappa shape index (κ1) is 25.4. The fourth-order valence-corrected chi connectivity index (χ4v) is 4.17. The highest BCUT2D eigenvalue weighted by molar-refractivity contribution is 5.97. The lowest BCUT2D eigenvalue weighted by Gasteiger charge is -2.28. The highest BCUT2D eigenvalue weighted by Gasteiger charge is 2.27. The molecule has 184 valence electrons. The molecule has 0 aliphatic carbocycles. The first-order valence-electron chi connectivity index (χ1n) is 11.7. The average Bonchev–Trinajstić information content (AvgIpc) is 2.88. The van der Waals surface area contributed by atoms with Gasteiger partial charge in [0.15, 0.2) is 5.82 Å². The molecule has 0 unspecified atom stereocenters. The predicted molar refractivity (Wildman–Crippen MR) is 137 cm³/mol. The van der Waals surface area contributed by atoms with E-state index in [0.29, 0.717) is 36.7 Å². The van der Waals surface area contributed by atoms with Gasteiger partial charge in [-0.2, -0.15) is 4.98 Å². The van der Waals surface area contributed by atoms with Gasteiger partial charge in [0.2, 0.25) is 11.9 Å². The Morgan fingerprint density at radius 1 is 1.21 bits per heavy atom. The second-order valence-electron chi connectivity index (χ2n) is 10.2. The number of rotatable bonds is 8. The Labute approximate surface area is 202 Å². The molecule has 0 saturated heterocycles. The number of nitrogens with one attached hydrogen (secondary N) is 2. The molecule has 1 aromatic heterocycles. The van der Waals surface area contributed by atoms with E-state index >= 15 is 0 Å². The Morgan fingerprint density at radius 3 is 2.50 bits per heavy atom. The molecule has 2 amide bonds. The smallest absolute Gasteiger partial charge is 0.251 e. The molecule has 2 aromatic rings. The maximum absolute atomic E-state index is 12.6. The minimum absolute atomic E-state index is 0.0220. The van der Waals surface area contributed by atoms with Crippen LogP contribution in [0.4, 0.5) is 23.1 Å². The van der Waals surface area contributed by atoms with E-state index in [9.17, 15) is 9.59 Å². The summed E-state index contributed by atoms with van der Waals surface area (Å²) >= 11 is 0. The van der Waals surface area contributed by atoms with Gasteiger partial charge in [-0.3, -0.25) is 9.59 Å². The monoisotopic (exact) mass is 467 g/mol. The van der Waals surface area contributed by atoms with Gasteiger partial charge in [-0.1, -0.05) is 13.8 Å². The van der Waals surface area contributed by atoms with Gasteiger partial charge < -0.3 is 25.3 Å². The van der Waals surface area contributed by atoms with Crippen LogP contribution in [0, 0.1) is 5.41 Å². The molecule has 0 saturated carbocycles. The number of hydrogen-bond acceptors (Lipinski definition) is 7. The molecule has 3 rings (SSSR count). The number of aromatic nitrogens is 2. The summed E-state index contributed by atoms with van der Waals surface area (Å²) in [6, 6.07) is 7.44. The molecule has 2 N–H and O–H groups in total. The summed E-state index contributed by atoms with van der Waals surface area (Å²) in [5.74, 6) is 1.12. The Bertz CT molecular complexity index is 1020. The zero-order chi connectivity index (χ0) is 25.0. The molecule has 0 radical (unpaired) electrons. The van der Waals surface area contributed by atoms with Crippen molar-refractivity contribution in [2.45, 2.75) is 40.2 Å². The number of carbonyl (C=O) groups is 2. The number of fused-ring (bicyclic) bond motifs is 1. The van der Waals surface area contributed by atoms with Gasteiger partial charge >= 0.3 is 0 Å². The van der Waals surface area contributed by atoms with E-state index in [1.165, 1.54) is 0 Å². The van der Waals surface area contributed by atoms with Crippen LogP contribution >= 0.6 is 0 Å². The number of benzene rings is 1. The van der Waals surface area contributed by atoms with Crippen LogP contribution < -0.4 is 20.4 Å². The van der Waals surface area contributed by atoms with Crippen LogP contribution in [0.1, 0.15) is 44.5 Å². The second kappa shape index (κ2) is 10.4. The minimum Gasteiger partial charge on any atom is -0.352 e. The van der Waals surface area contributed by atoms with Crippen molar-refractivity contribution in [2.24, 2.45) is 5.41 Å². The lowest BCUT2D eigenvalue weighted by molar-refractivity contribution is -0.118. The Hall–Kier alpha value is -3.20. The lowest BCUT2D eigenvalue weighted by Crippen LogP contribution is -2.39. The molecule has 9 heteroatoms. The molecule has 0 fully saturated rings. The standard InChI is InChI=1S/C25H37N7O2/c1-17(2)32-13-12-21(33)31(7)20-14-26-24(29-22(20)32)28-19-10-8-18(9-11-19)23(34)27-15-25(3,4)16-30(5)6/h8-11,14,17H,12-13,15-16H2,1-7H3,(H,27,34)(H,26,28,29). The third kappa shape index (κ3) is 6.22. The van der Waals surface area contributed by atoms with Crippen LogP contribution in [0.5, 0.6) is 0 Å². The Balaban J connectivity index is 1.71. The molecule has 0 atom stereocenters. The van der Waals surface area contributed by atoms with Gasteiger partial charge in [0, 0.05) is 50.4 Å². The van der Waals surface area contributed by atoms with Crippen molar-refractivity contribution in [3.63, 3.8) is 0 Å². The van der Waals surface area contributed by atoms with Crippen LogP contribution in [0.25, 0.3) is 0 Å². The molecular weight excluding hydrogens is 430 g/mol. The van der Waals surface area contributed by atoms with Crippen LogP contribution in [-0.2, 0) is 4.79 Å².